The Hall–Kier alpha value is -0.780. The number of benzene rings is 1. The number of hydrogen-bond acceptors (Lipinski definition) is 0. The summed E-state index contributed by atoms with van der Waals surface area (Å²) in [6, 6.07) is 8.85. The molecule has 0 N–H and O–H groups in total. The fourth-order valence-electron chi connectivity index (χ4n) is 1.65. The van der Waals surface area contributed by atoms with Crippen LogP contribution in [0.1, 0.15) is 36.8 Å². The Bertz CT molecular complexity index is 246. The zero-order valence-corrected chi connectivity index (χ0v) is 7.01. The van der Waals surface area contributed by atoms with Gasteiger partial charge >= 0.3 is 0 Å². The van der Waals surface area contributed by atoms with E-state index < -0.39 is 0 Å². The van der Waals surface area contributed by atoms with E-state index in [2.05, 4.69) is 31.2 Å². The van der Waals surface area contributed by atoms with E-state index in [1.54, 1.807) is 11.1 Å². The van der Waals surface area contributed by atoms with E-state index in [1.165, 1.54) is 19.3 Å². The molecule has 0 heterocycles. The highest BCUT2D eigenvalue weighted by Gasteiger charge is 2.24. The first-order valence-electron chi connectivity index (χ1n) is 4.49. The molecule has 1 aromatic rings. The lowest BCUT2D eigenvalue weighted by Gasteiger charge is -2.04. The van der Waals surface area contributed by atoms with E-state index in [-0.39, 0.29) is 0 Å². The molecule has 1 aliphatic rings. The summed E-state index contributed by atoms with van der Waals surface area (Å²) in [5.74, 6) is 0.908. The van der Waals surface area contributed by atoms with E-state index in [4.69, 9.17) is 0 Å². The summed E-state index contributed by atoms with van der Waals surface area (Å²) in [6.45, 7) is 2.24. The summed E-state index contributed by atoms with van der Waals surface area (Å²) in [5.41, 5.74) is 3.16. The van der Waals surface area contributed by atoms with E-state index in [1.807, 2.05) is 0 Å². The highest BCUT2D eigenvalue weighted by molar-refractivity contribution is 5.32. The van der Waals surface area contributed by atoms with Crippen molar-refractivity contribution in [1.29, 1.82) is 0 Å². The normalized spacial score (nSPS) is 16.8. The molecule has 0 saturated heterocycles. The molecule has 0 unspecified atom stereocenters. The Morgan fingerprint density at radius 3 is 2.64 bits per heavy atom. The van der Waals surface area contributed by atoms with Crippen LogP contribution in [-0.4, -0.2) is 0 Å². The van der Waals surface area contributed by atoms with Gasteiger partial charge in [0.2, 0.25) is 0 Å². The predicted molar refractivity (Wildman–Crippen MR) is 47.8 cm³/mol. The van der Waals surface area contributed by atoms with Gasteiger partial charge in [0.1, 0.15) is 0 Å². The standard InChI is InChI=1S/C11H14/c1-2-9-5-3-4-6-11(9)10-7-8-10/h3-6,10H,2,7-8H2,1H3. The van der Waals surface area contributed by atoms with Gasteiger partial charge < -0.3 is 0 Å². The van der Waals surface area contributed by atoms with Crippen LogP contribution in [0, 0.1) is 0 Å². The zero-order valence-electron chi connectivity index (χ0n) is 7.01. The fourth-order valence-corrected chi connectivity index (χ4v) is 1.65. The molecule has 0 atom stereocenters. The van der Waals surface area contributed by atoms with Crippen LogP contribution < -0.4 is 0 Å². The Morgan fingerprint density at radius 2 is 2.00 bits per heavy atom. The topological polar surface area (TPSA) is 0 Å². The highest BCUT2D eigenvalue weighted by atomic mass is 14.3. The van der Waals surface area contributed by atoms with Crippen LogP contribution in [0.3, 0.4) is 0 Å². The molecule has 11 heavy (non-hydrogen) atoms. The van der Waals surface area contributed by atoms with Gasteiger partial charge in [-0.05, 0) is 36.3 Å². The number of aryl methyl sites for hydroxylation is 1. The van der Waals surface area contributed by atoms with Crippen molar-refractivity contribution in [2.45, 2.75) is 32.1 Å². The fraction of sp³-hybridized carbons (Fsp3) is 0.455. The van der Waals surface area contributed by atoms with Gasteiger partial charge in [0.15, 0.2) is 0 Å². The summed E-state index contributed by atoms with van der Waals surface area (Å²) < 4.78 is 0. The first kappa shape index (κ1) is 6.90. The first-order valence-corrected chi connectivity index (χ1v) is 4.49. The second kappa shape index (κ2) is 2.69. The van der Waals surface area contributed by atoms with Crippen LogP contribution in [-0.2, 0) is 6.42 Å². The monoisotopic (exact) mass is 146 g/mol. The molecule has 0 nitrogen and oxygen atoms in total. The average molecular weight is 146 g/mol. The average Bonchev–Trinajstić information content (AvgIpc) is 2.87. The second-order valence-corrected chi connectivity index (χ2v) is 3.33. The lowest BCUT2D eigenvalue weighted by molar-refractivity contribution is 1.03. The van der Waals surface area contributed by atoms with Gasteiger partial charge in [-0.25, -0.2) is 0 Å². The van der Waals surface area contributed by atoms with Crippen molar-refractivity contribution in [3.63, 3.8) is 0 Å². The number of hydrogen-bond donors (Lipinski definition) is 0. The van der Waals surface area contributed by atoms with Crippen molar-refractivity contribution in [3.8, 4) is 0 Å². The molecule has 0 spiro atoms. The van der Waals surface area contributed by atoms with Gasteiger partial charge in [0, 0.05) is 0 Å². The Morgan fingerprint density at radius 1 is 1.27 bits per heavy atom. The van der Waals surface area contributed by atoms with Crippen LogP contribution in [0.4, 0.5) is 0 Å². The largest absolute Gasteiger partial charge is 0.0620 e. The Balaban J connectivity index is 2.34. The maximum absolute atomic E-state index is 2.29. The lowest BCUT2D eigenvalue weighted by Crippen LogP contribution is -1.88. The van der Waals surface area contributed by atoms with Crippen molar-refractivity contribution in [3.05, 3.63) is 35.4 Å². The zero-order chi connectivity index (χ0) is 7.68. The molecule has 1 saturated carbocycles. The molecule has 0 bridgehead atoms. The van der Waals surface area contributed by atoms with Gasteiger partial charge in [-0.2, -0.15) is 0 Å². The second-order valence-electron chi connectivity index (χ2n) is 3.33. The van der Waals surface area contributed by atoms with Crippen LogP contribution in [0.5, 0.6) is 0 Å². The third kappa shape index (κ3) is 1.30. The maximum Gasteiger partial charge on any atom is -0.0159 e. The van der Waals surface area contributed by atoms with Crippen molar-refractivity contribution < 1.29 is 0 Å². The highest BCUT2D eigenvalue weighted by Crippen LogP contribution is 2.41. The minimum Gasteiger partial charge on any atom is -0.0620 e. The van der Waals surface area contributed by atoms with E-state index in [9.17, 15) is 0 Å². The van der Waals surface area contributed by atoms with Crippen LogP contribution in [0.15, 0.2) is 24.3 Å². The van der Waals surface area contributed by atoms with Crippen LogP contribution in [0.2, 0.25) is 0 Å². The first-order chi connectivity index (χ1) is 5.42. The van der Waals surface area contributed by atoms with Gasteiger partial charge in [-0.3, -0.25) is 0 Å². The molecule has 0 amide bonds. The van der Waals surface area contributed by atoms with Crippen LogP contribution in [0.25, 0.3) is 0 Å². The molecule has 1 aliphatic carbocycles. The Labute approximate surface area is 68.3 Å². The Kier molecular flexibility index (Phi) is 1.69. The van der Waals surface area contributed by atoms with E-state index in [0.717, 1.165) is 5.92 Å². The maximum atomic E-state index is 2.29. The van der Waals surface area contributed by atoms with Crippen LogP contribution >= 0.6 is 0 Å². The van der Waals surface area contributed by atoms with Gasteiger partial charge in [0.05, 0.1) is 0 Å². The molecular formula is C11H14. The van der Waals surface area contributed by atoms with Crippen molar-refractivity contribution in [1.82, 2.24) is 0 Å². The van der Waals surface area contributed by atoms with Gasteiger partial charge in [0.25, 0.3) is 0 Å². The molecule has 1 aromatic carbocycles. The summed E-state index contributed by atoms with van der Waals surface area (Å²) in [7, 11) is 0. The summed E-state index contributed by atoms with van der Waals surface area (Å²) in [4.78, 5) is 0. The molecule has 0 heteroatoms. The number of rotatable bonds is 2. The molecule has 58 valence electrons. The SMILES string of the molecule is CCc1ccccc1C1CC1. The van der Waals surface area contributed by atoms with Crippen molar-refractivity contribution in [2.24, 2.45) is 0 Å². The van der Waals surface area contributed by atoms with E-state index >= 15 is 0 Å². The summed E-state index contributed by atoms with van der Waals surface area (Å²) in [5, 5.41) is 0. The van der Waals surface area contributed by atoms with Gasteiger partial charge in [-0.1, -0.05) is 31.2 Å². The summed E-state index contributed by atoms with van der Waals surface area (Å²) in [6.07, 6.45) is 4.01. The predicted octanol–water partition coefficient (Wildman–Crippen LogP) is 3.13. The third-order valence-corrected chi connectivity index (χ3v) is 2.45. The van der Waals surface area contributed by atoms with E-state index in [0.29, 0.717) is 0 Å². The molecule has 1 fully saturated rings. The molecular weight excluding hydrogens is 132 g/mol. The van der Waals surface area contributed by atoms with Gasteiger partial charge in [-0.15, -0.1) is 0 Å². The smallest absolute Gasteiger partial charge is 0.0159 e. The molecule has 0 aromatic heterocycles. The summed E-state index contributed by atoms with van der Waals surface area (Å²) >= 11 is 0. The lowest BCUT2D eigenvalue weighted by atomic mass is 10.0. The van der Waals surface area contributed by atoms with Crippen molar-refractivity contribution in [2.75, 3.05) is 0 Å². The third-order valence-electron chi connectivity index (χ3n) is 2.45. The van der Waals surface area contributed by atoms with Crippen molar-refractivity contribution >= 4 is 0 Å². The molecule has 0 aliphatic heterocycles. The quantitative estimate of drug-likeness (QED) is 0.601. The molecule has 0 radical (unpaired) electrons. The minimum atomic E-state index is 0.908. The molecule has 2 rings (SSSR count). The minimum absolute atomic E-state index is 0.908.